The van der Waals surface area contributed by atoms with E-state index in [9.17, 15) is 4.39 Å². The molecular formula is C10H8BrCl2F. The lowest BCUT2D eigenvalue weighted by Gasteiger charge is -2.10. The molecule has 4 heteroatoms. The van der Waals surface area contributed by atoms with Gasteiger partial charge in [-0.25, -0.2) is 4.39 Å². The predicted octanol–water partition coefficient (Wildman–Crippen LogP) is 4.93. The Morgan fingerprint density at radius 3 is 2.64 bits per heavy atom. The first-order valence-corrected chi connectivity index (χ1v) is 5.99. The summed E-state index contributed by atoms with van der Waals surface area (Å²) in [4.78, 5) is 0. The maximum atomic E-state index is 13.5. The second kappa shape index (κ2) is 3.99. The first-order chi connectivity index (χ1) is 6.59. The Kier molecular flexibility index (Phi) is 3.06. The van der Waals surface area contributed by atoms with Crippen molar-refractivity contribution >= 4 is 39.1 Å². The number of halogens is 4. The summed E-state index contributed by atoms with van der Waals surface area (Å²) in [5.74, 6) is 0.136. The third-order valence-electron chi connectivity index (χ3n) is 2.37. The molecule has 0 bridgehead atoms. The van der Waals surface area contributed by atoms with Crippen LogP contribution in [0.1, 0.15) is 23.8 Å². The van der Waals surface area contributed by atoms with Crippen LogP contribution >= 0.6 is 39.1 Å². The number of benzene rings is 1. The largest absolute Gasteiger partial charge is 0.207 e. The fourth-order valence-electron chi connectivity index (χ4n) is 1.39. The van der Waals surface area contributed by atoms with Crippen molar-refractivity contribution in [1.82, 2.24) is 0 Å². The van der Waals surface area contributed by atoms with Gasteiger partial charge < -0.3 is 0 Å². The van der Waals surface area contributed by atoms with Gasteiger partial charge >= 0.3 is 0 Å². The molecule has 2 rings (SSSR count). The molecular weight excluding hydrogens is 290 g/mol. The maximum absolute atomic E-state index is 13.5. The highest BCUT2D eigenvalue weighted by atomic mass is 79.9. The number of rotatable bonds is 2. The van der Waals surface area contributed by atoms with Crippen molar-refractivity contribution in [3.63, 3.8) is 0 Å². The third-order valence-corrected chi connectivity index (χ3v) is 4.16. The molecule has 1 saturated carbocycles. The minimum atomic E-state index is -0.284. The van der Waals surface area contributed by atoms with Gasteiger partial charge in [-0.2, -0.15) is 0 Å². The van der Waals surface area contributed by atoms with E-state index in [-0.39, 0.29) is 11.2 Å². The highest BCUT2D eigenvalue weighted by Crippen LogP contribution is 2.46. The molecule has 0 aliphatic heterocycles. The molecule has 0 spiro atoms. The number of hydrogen-bond acceptors (Lipinski definition) is 0. The Morgan fingerprint density at radius 2 is 2.07 bits per heavy atom. The number of alkyl halides is 1. The summed E-state index contributed by atoms with van der Waals surface area (Å²) in [6.07, 6.45) is 2.17. The van der Waals surface area contributed by atoms with Crippen molar-refractivity contribution in [3.05, 3.63) is 33.0 Å². The molecule has 0 nitrogen and oxygen atoms in total. The second-order valence-corrected chi connectivity index (χ2v) is 5.26. The van der Waals surface area contributed by atoms with Crippen LogP contribution < -0.4 is 0 Å². The molecule has 1 atom stereocenters. The standard InChI is InChI=1S/C10H8BrCl2F/c11-7-4-9(14)6(3-8(7)12)10(13)5-1-2-5/h3-5,10H,1-2H2. The zero-order valence-corrected chi connectivity index (χ0v) is 10.3. The third kappa shape index (κ3) is 2.07. The molecule has 1 aliphatic rings. The predicted molar refractivity (Wildman–Crippen MR) is 60.4 cm³/mol. The summed E-state index contributed by atoms with van der Waals surface area (Å²) in [5.41, 5.74) is 0.516. The van der Waals surface area contributed by atoms with Crippen molar-refractivity contribution in [3.8, 4) is 0 Å². The van der Waals surface area contributed by atoms with Crippen molar-refractivity contribution in [2.45, 2.75) is 18.2 Å². The molecule has 0 aromatic heterocycles. The Hall–Kier alpha value is 0.210. The monoisotopic (exact) mass is 296 g/mol. The molecule has 1 aromatic rings. The SMILES string of the molecule is Fc1cc(Br)c(Cl)cc1C(Cl)C1CC1. The van der Waals surface area contributed by atoms with Gasteiger partial charge in [0.15, 0.2) is 0 Å². The maximum Gasteiger partial charge on any atom is 0.129 e. The van der Waals surface area contributed by atoms with Crippen LogP contribution in [0, 0.1) is 11.7 Å². The summed E-state index contributed by atoms with van der Waals surface area (Å²) in [6, 6.07) is 2.98. The van der Waals surface area contributed by atoms with Crippen molar-refractivity contribution in [2.24, 2.45) is 5.92 Å². The fraction of sp³-hybridized carbons (Fsp3) is 0.400. The molecule has 14 heavy (non-hydrogen) atoms. The normalized spacial score (nSPS) is 18.3. The summed E-state index contributed by atoms with van der Waals surface area (Å²) >= 11 is 15.2. The quantitative estimate of drug-likeness (QED) is 0.536. The summed E-state index contributed by atoms with van der Waals surface area (Å²) < 4.78 is 14.1. The first-order valence-electron chi connectivity index (χ1n) is 4.38. The van der Waals surface area contributed by atoms with Crippen LogP contribution in [-0.4, -0.2) is 0 Å². The van der Waals surface area contributed by atoms with E-state index in [1.165, 1.54) is 6.07 Å². The molecule has 0 radical (unpaired) electrons. The van der Waals surface area contributed by atoms with Crippen molar-refractivity contribution in [1.29, 1.82) is 0 Å². The molecule has 0 amide bonds. The minimum Gasteiger partial charge on any atom is -0.207 e. The van der Waals surface area contributed by atoms with Gasteiger partial charge in [0.1, 0.15) is 5.82 Å². The van der Waals surface area contributed by atoms with E-state index in [4.69, 9.17) is 23.2 Å². The Balaban J connectivity index is 2.36. The Bertz CT molecular complexity index is 363. The van der Waals surface area contributed by atoms with Crippen LogP contribution in [-0.2, 0) is 0 Å². The van der Waals surface area contributed by atoms with Crippen molar-refractivity contribution < 1.29 is 4.39 Å². The van der Waals surface area contributed by atoms with E-state index >= 15 is 0 Å². The summed E-state index contributed by atoms with van der Waals surface area (Å²) in [6.45, 7) is 0. The van der Waals surface area contributed by atoms with Gasteiger partial charge in [-0.3, -0.25) is 0 Å². The minimum absolute atomic E-state index is 0.236. The van der Waals surface area contributed by atoms with Crippen LogP contribution in [0.5, 0.6) is 0 Å². The highest BCUT2D eigenvalue weighted by Gasteiger charge is 2.32. The van der Waals surface area contributed by atoms with E-state index < -0.39 is 0 Å². The van der Waals surface area contributed by atoms with Gasteiger partial charge in [-0.05, 0) is 46.8 Å². The van der Waals surface area contributed by atoms with E-state index in [1.807, 2.05) is 0 Å². The van der Waals surface area contributed by atoms with E-state index in [2.05, 4.69) is 15.9 Å². The summed E-state index contributed by atoms with van der Waals surface area (Å²) in [7, 11) is 0. The zero-order valence-electron chi connectivity index (χ0n) is 7.24. The topological polar surface area (TPSA) is 0 Å². The van der Waals surface area contributed by atoms with Crippen LogP contribution in [0.25, 0.3) is 0 Å². The summed E-state index contributed by atoms with van der Waals surface area (Å²) in [5, 5.41) is 0.272. The lowest BCUT2D eigenvalue weighted by atomic mass is 10.1. The molecule has 76 valence electrons. The lowest BCUT2D eigenvalue weighted by molar-refractivity contribution is 0.596. The van der Waals surface area contributed by atoms with Gasteiger partial charge in [-0.15, -0.1) is 11.6 Å². The molecule has 1 aliphatic carbocycles. The van der Waals surface area contributed by atoms with E-state index in [0.29, 0.717) is 21.0 Å². The Morgan fingerprint density at radius 1 is 1.43 bits per heavy atom. The average molecular weight is 298 g/mol. The van der Waals surface area contributed by atoms with Crippen LogP contribution in [0.15, 0.2) is 16.6 Å². The fourth-order valence-corrected chi connectivity index (χ4v) is 2.30. The molecule has 0 saturated heterocycles. The average Bonchev–Trinajstić information content (AvgIpc) is 2.93. The number of hydrogen-bond donors (Lipinski definition) is 0. The molecule has 0 heterocycles. The highest BCUT2D eigenvalue weighted by molar-refractivity contribution is 9.10. The lowest BCUT2D eigenvalue weighted by Crippen LogP contribution is -1.97. The zero-order chi connectivity index (χ0) is 10.3. The molecule has 1 aromatic carbocycles. The van der Waals surface area contributed by atoms with Crippen LogP contribution in [0.3, 0.4) is 0 Å². The van der Waals surface area contributed by atoms with E-state index in [1.54, 1.807) is 6.07 Å². The van der Waals surface area contributed by atoms with Gasteiger partial charge in [0, 0.05) is 10.0 Å². The van der Waals surface area contributed by atoms with Gasteiger partial charge in [0.25, 0.3) is 0 Å². The van der Waals surface area contributed by atoms with Crippen molar-refractivity contribution in [2.75, 3.05) is 0 Å². The molecule has 1 fully saturated rings. The first kappa shape index (κ1) is 10.7. The van der Waals surface area contributed by atoms with Gasteiger partial charge in [0.05, 0.1) is 10.4 Å². The second-order valence-electron chi connectivity index (χ2n) is 3.53. The Labute approximate surface area is 101 Å². The smallest absolute Gasteiger partial charge is 0.129 e. The molecule has 0 N–H and O–H groups in total. The van der Waals surface area contributed by atoms with Crippen LogP contribution in [0.4, 0.5) is 4.39 Å². The molecule has 1 unspecified atom stereocenters. The van der Waals surface area contributed by atoms with Crippen LogP contribution in [0.2, 0.25) is 5.02 Å². The van der Waals surface area contributed by atoms with E-state index in [0.717, 1.165) is 12.8 Å². The van der Waals surface area contributed by atoms with Gasteiger partial charge in [-0.1, -0.05) is 11.6 Å². The van der Waals surface area contributed by atoms with Gasteiger partial charge in [0.2, 0.25) is 0 Å².